The SMILES string of the molecule is CC(=O)Nc1ccc(F)c(NC(=O)c2cc([N+](=O)[O-])ccc2Cl)c1. The van der Waals surface area contributed by atoms with E-state index >= 15 is 0 Å². The third kappa shape index (κ3) is 4.05. The van der Waals surface area contributed by atoms with Crippen LogP contribution in [0, 0.1) is 15.9 Å². The van der Waals surface area contributed by atoms with Crippen LogP contribution in [0.5, 0.6) is 0 Å². The Balaban J connectivity index is 2.31. The van der Waals surface area contributed by atoms with Crippen molar-refractivity contribution in [3.05, 3.63) is 62.9 Å². The number of non-ortho nitro benzene ring substituents is 1. The third-order valence-corrected chi connectivity index (χ3v) is 3.27. The molecule has 0 atom stereocenters. The Morgan fingerprint density at radius 2 is 1.88 bits per heavy atom. The molecule has 7 nitrogen and oxygen atoms in total. The van der Waals surface area contributed by atoms with Gasteiger partial charge < -0.3 is 10.6 Å². The van der Waals surface area contributed by atoms with E-state index in [0.717, 1.165) is 18.2 Å². The van der Waals surface area contributed by atoms with Crippen LogP contribution in [0.4, 0.5) is 21.5 Å². The van der Waals surface area contributed by atoms with Gasteiger partial charge in [0.2, 0.25) is 5.91 Å². The normalized spacial score (nSPS) is 10.1. The topological polar surface area (TPSA) is 101 Å². The number of carbonyl (C=O) groups excluding carboxylic acids is 2. The number of nitro groups is 1. The highest BCUT2D eigenvalue weighted by Crippen LogP contribution is 2.25. The number of halogens is 2. The Morgan fingerprint density at radius 3 is 2.50 bits per heavy atom. The number of hydrogen-bond acceptors (Lipinski definition) is 4. The van der Waals surface area contributed by atoms with E-state index < -0.39 is 16.6 Å². The van der Waals surface area contributed by atoms with Crippen LogP contribution < -0.4 is 10.6 Å². The van der Waals surface area contributed by atoms with E-state index in [0.29, 0.717) is 0 Å². The first-order valence-electron chi connectivity index (χ1n) is 6.60. The summed E-state index contributed by atoms with van der Waals surface area (Å²) in [6.07, 6.45) is 0. The highest BCUT2D eigenvalue weighted by molar-refractivity contribution is 6.34. The molecular weight excluding hydrogens is 341 g/mol. The van der Waals surface area contributed by atoms with Crippen molar-refractivity contribution in [1.29, 1.82) is 0 Å². The Kier molecular flexibility index (Phi) is 5.10. The predicted octanol–water partition coefficient (Wildman–Crippen LogP) is 3.60. The first kappa shape index (κ1) is 17.4. The van der Waals surface area contributed by atoms with Gasteiger partial charge in [0.15, 0.2) is 0 Å². The Labute approximate surface area is 140 Å². The van der Waals surface area contributed by atoms with Gasteiger partial charge in [-0.2, -0.15) is 0 Å². The van der Waals surface area contributed by atoms with E-state index in [1.54, 1.807) is 0 Å². The molecule has 0 aliphatic carbocycles. The lowest BCUT2D eigenvalue weighted by Gasteiger charge is -2.10. The highest BCUT2D eigenvalue weighted by atomic mass is 35.5. The zero-order chi connectivity index (χ0) is 17.9. The standard InChI is InChI=1S/C15H11ClFN3O4/c1-8(21)18-9-2-5-13(17)14(6-9)19-15(22)11-7-10(20(23)24)3-4-12(11)16/h2-7H,1H3,(H,18,21)(H,19,22). The van der Waals surface area contributed by atoms with Gasteiger partial charge in [-0.25, -0.2) is 4.39 Å². The molecule has 0 aliphatic heterocycles. The zero-order valence-electron chi connectivity index (χ0n) is 12.3. The molecule has 2 aromatic carbocycles. The van der Waals surface area contributed by atoms with Crippen LogP contribution in [0.3, 0.4) is 0 Å². The number of amides is 2. The lowest BCUT2D eigenvalue weighted by atomic mass is 10.1. The van der Waals surface area contributed by atoms with Crippen molar-refractivity contribution in [2.24, 2.45) is 0 Å². The van der Waals surface area contributed by atoms with Gasteiger partial charge in [0.25, 0.3) is 11.6 Å². The lowest BCUT2D eigenvalue weighted by molar-refractivity contribution is -0.384. The number of nitro benzene ring substituents is 1. The van der Waals surface area contributed by atoms with Crippen LogP contribution in [0.25, 0.3) is 0 Å². The molecule has 0 bridgehead atoms. The quantitative estimate of drug-likeness (QED) is 0.649. The number of anilines is 2. The fourth-order valence-electron chi connectivity index (χ4n) is 1.89. The summed E-state index contributed by atoms with van der Waals surface area (Å²) in [7, 11) is 0. The van der Waals surface area contributed by atoms with Crippen LogP contribution in [0.2, 0.25) is 5.02 Å². The molecule has 2 rings (SSSR count). The first-order valence-corrected chi connectivity index (χ1v) is 6.98. The van der Waals surface area contributed by atoms with E-state index in [2.05, 4.69) is 10.6 Å². The molecule has 0 saturated carbocycles. The lowest BCUT2D eigenvalue weighted by Crippen LogP contribution is -2.14. The molecule has 2 amide bonds. The molecule has 0 fully saturated rings. The van der Waals surface area contributed by atoms with Crippen molar-refractivity contribution >= 4 is 40.5 Å². The zero-order valence-corrected chi connectivity index (χ0v) is 13.1. The second kappa shape index (κ2) is 7.05. The smallest absolute Gasteiger partial charge is 0.270 e. The van der Waals surface area contributed by atoms with Crippen molar-refractivity contribution in [2.45, 2.75) is 6.92 Å². The molecule has 0 aromatic heterocycles. The maximum atomic E-state index is 13.8. The Hall–Kier alpha value is -3.00. The number of hydrogen-bond donors (Lipinski definition) is 2. The summed E-state index contributed by atoms with van der Waals surface area (Å²) < 4.78 is 13.8. The monoisotopic (exact) mass is 351 g/mol. The van der Waals surface area contributed by atoms with Crippen molar-refractivity contribution in [2.75, 3.05) is 10.6 Å². The van der Waals surface area contributed by atoms with Gasteiger partial charge in [-0.15, -0.1) is 0 Å². The molecule has 0 aliphatic rings. The van der Waals surface area contributed by atoms with Gasteiger partial charge in [-0.05, 0) is 24.3 Å². The summed E-state index contributed by atoms with van der Waals surface area (Å²) in [6, 6.07) is 6.96. The predicted molar refractivity (Wildman–Crippen MR) is 86.8 cm³/mol. The maximum absolute atomic E-state index is 13.8. The van der Waals surface area contributed by atoms with E-state index in [1.807, 2.05) is 0 Å². The van der Waals surface area contributed by atoms with E-state index in [9.17, 15) is 24.1 Å². The van der Waals surface area contributed by atoms with Gasteiger partial charge in [0.05, 0.1) is 21.2 Å². The molecule has 0 unspecified atom stereocenters. The molecule has 0 spiro atoms. The largest absolute Gasteiger partial charge is 0.326 e. The second-order valence-corrected chi connectivity index (χ2v) is 5.16. The van der Waals surface area contributed by atoms with Gasteiger partial charge in [0.1, 0.15) is 5.82 Å². The Morgan fingerprint density at radius 1 is 1.17 bits per heavy atom. The molecule has 24 heavy (non-hydrogen) atoms. The van der Waals surface area contributed by atoms with Crippen molar-refractivity contribution in [3.63, 3.8) is 0 Å². The highest BCUT2D eigenvalue weighted by Gasteiger charge is 2.17. The van der Waals surface area contributed by atoms with Crippen LogP contribution in [0.15, 0.2) is 36.4 Å². The average Bonchev–Trinajstić information content (AvgIpc) is 2.50. The number of rotatable bonds is 4. The molecule has 9 heteroatoms. The minimum atomic E-state index is -0.817. The number of nitrogens with one attached hydrogen (secondary N) is 2. The second-order valence-electron chi connectivity index (χ2n) is 4.75. The summed E-state index contributed by atoms with van der Waals surface area (Å²) in [5, 5.41) is 15.5. The summed E-state index contributed by atoms with van der Waals surface area (Å²) in [4.78, 5) is 33.4. The molecule has 0 radical (unpaired) electrons. The third-order valence-electron chi connectivity index (χ3n) is 2.94. The van der Waals surface area contributed by atoms with Gasteiger partial charge in [0, 0.05) is 24.7 Å². The van der Waals surface area contributed by atoms with Crippen LogP contribution in [0.1, 0.15) is 17.3 Å². The fraction of sp³-hybridized carbons (Fsp3) is 0.0667. The minimum Gasteiger partial charge on any atom is -0.326 e. The molecule has 0 heterocycles. The van der Waals surface area contributed by atoms with Gasteiger partial charge >= 0.3 is 0 Å². The maximum Gasteiger partial charge on any atom is 0.270 e. The summed E-state index contributed by atoms with van der Waals surface area (Å²) in [5.74, 6) is -1.91. The van der Waals surface area contributed by atoms with E-state index in [-0.39, 0.29) is 33.6 Å². The molecule has 2 N–H and O–H groups in total. The van der Waals surface area contributed by atoms with Gasteiger partial charge in [-0.1, -0.05) is 11.6 Å². The van der Waals surface area contributed by atoms with Crippen molar-refractivity contribution in [3.8, 4) is 0 Å². The van der Waals surface area contributed by atoms with Crippen LogP contribution in [-0.2, 0) is 4.79 Å². The molecule has 2 aromatic rings. The van der Waals surface area contributed by atoms with Crippen LogP contribution >= 0.6 is 11.6 Å². The van der Waals surface area contributed by atoms with Crippen molar-refractivity contribution in [1.82, 2.24) is 0 Å². The minimum absolute atomic E-state index is 0.0171. The first-order chi connectivity index (χ1) is 11.3. The number of carbonyl (C=O) groups is 2. The van der Waals surface area contributed by atoms with E-state index in [4.69, 9.17) is 11.6 Å². The summed E-state index contributed by atoms with van der Waals surface area (Å²) in [5.41, 5.74) is -0.412. The van der Waals surface area contributed by atoms with Crippen molar-refractivity contribution < 1.29 is 18.9 Å². The molecular formula is C15H11ClFN3O4. The Bertz CT molecular complexity index is 841. The number of benzene rings is 2. The number of nitrogens with zero attached hydrogens (tertiary/aromatic N) is 1. The molecule has 124 valence electrons. The fourth-order valence-corrected chi connectivity index (χ4v) is 2.10. The van der Waals surface area contributed by atoms with E-state index in [1.165, 1.54) is 25.1 Å². The van der Waals surface area contributed by atoms with Gasteiger partial charge in [-0.3, -0.25) is 19.7 Å². The molecule has 0 saturated heterocycles. The summed E-state index contributed by atoms with van der Waals surface area (Å²) in [6.45, 7) is 1.28. The average molecular weight is 352 g/mol. The summed E-state index contributed by atoms with van der Waals surface area (Å²) >= 11 is 5.87. The van der Waals surface area contributed by atoms with Crippen LogP contribution in [-0.4, -0.2) is 16.7 Å².